The van der Waals surface area contributed by atoms with Crippen molar-refractivity contribution >= 4 is 58.5 Å². The summed E-state index contributed by atoms with van der Waals surface area (Å²) in [7, 11) is 3.19. The first kappa shape index (κ1) is 23.5. The van der Waals surface area contributed by atoms with Crippen molar-refractivity contribution in [3.8, 4) is 0 Å². The number of aliphatic imine (C=N–C) groups is 1. The molecule has 1 atom stereocenters. The number of nitrogens with one attached hydrogen (secondary N) is 3. The van der Waals surface area contributed by atoms with Gasteiger partial charge in [-0.25, -0.2) is 24.9 Å². The summed E-state index contributed by atoms with van der Waals surface area (Å²) in [5, 5.41) is 27.4. The van der Waals surface area contributed by atoms with E-state index in [1.165, 1.54) is 34.5 Å². The summed E-state index contributed by atoms with van der Waals surface area (Å²) < 4.78 is 2.98. The average molecular weight is 555 g/mol. The third-order valence-electron chi connectivity index (χ3n) is 5.54. The maximum Gasteiger partial charge on any atom is 0.396 e. The van der Waals surface area contributed by atoms with Gasteiger partial charge in [0.25, 0.3) is 5.82 Å². The fourth-order valence-electron chi connectivity index (χ4n) is 3.88. The number of thioether (sulfide) groups is 1. The first-order valence-corrected chi connectivity index (χ1v) is 12.2. The molecule has 1 aliphatic heterocycles. The topological polar surface area (TPSA) is 229 Å². The van der Waals surface area contributed by atoms with Gasteiger partial charge in [-0.2, -0.15) is 0 Å². The van der Waals surface area contributed by atoms with Crippen molar-refractivity contribution in [2.45, 2.75) is 20.1 Å². The Hall–Kier alpha value is -4.85. The summed E-state index contributed by atoms with van der Waals surface area (Å²) in [6, 6.07) is 0. The van der Waals surface area contributed by atoms with Gasteiger partial charge in [0.05, 0.1) is 18.9 Å². The number of nitrogens with zero attached hydrogens (tertiary/aromatic N) is 11. The van der Waals surface area contributed by atoms with Gasteiger partial charge in [0.2, 0.25) is 11.2 Å². The van der Waals surface area contributed by atoms with Gasteiger partial charge in [-0.05, 0) is 31.6 Å². The predicted molar refractivity (Wildman–Crippen MR) is 133 cm³/mol. The van der Waals surface area contributed by atoms with Crippen LogP contribution in [0.5, 0.6) is 0 Å². The van der Waals surface area contributed by atoms with Gasteiger partial charge >= 0.3 is 11.6 Å². The van der Waals surface area contributed by atoms with Crippen molar-refractivity contribution in [2.24, 2.45) is 19.1 Å². The Labute approximate surface area is 218 Å². The molecule has 0 radical (unpaired) electrons. The summed E-state index contributed by atoms with van der Waals surface area (Å²) in [6.45, 7) is 0. The summed E-state index contributed by atoms with van der Waals surface area (Å²) >= 11 is 1.93. The summed E-state index contributed by atoms with van der Waals surface area (Å²) in [6.07, 6.45) is 6.97. The molecule has 1 aliphatic rings. The third-order valence-corrected chi connectivity index (χ3v) is 8.03. The van der Waals surface area contributed by atoms with E-state index in [0.29, 0.717) is 27.8 Å². The number of hydrogen-bond acceptors (Lipinski definition) is 14. The van der Waals surface area contributed by atoms with E-state index in [2.05, 4.69) is 50.2 Å². The zero-order valence-electron chi connectivity index (χ0n) is 19.3. The number of anilines is 1. The van der Waals surface area contributed by atoms with Crippen LogP contribution >= 0.6 is 23.5 Å². The van der Waals surface area contributed by atoms with Crippen LogP contribution in [0.25, 0.3) is 11.2 Å². The Morgan fingerprint density at radius 1 is 1.05 bits per heavy atom. The van der Waals surface area contributed by atoms with E-state index in [1.807, 2.05) is 0 Å². The summed E-state index contributed by atoms with van der Waals surface area (Å²) in [5.41, 5.74) is 1.34. The molecule has 0 aromatic carbocycles. The molecule has 20 heteroatoms. The van der Waals surface area contributed by atoms with Gasteiger partial charge in [0.15, 0.2) is 26.7 Å². The number of hydrogen-bond donors (Lipinski definition) is 3. The fraction of sp³-hybridized carbons (Fsp3) is 0.167. The largest absolute Gasteiger partial charge is 0.396 e. The van der Waals surface area contributed by atoms with Crippen molar-refractivity contribution < 1.29 is 9.85 Å². The molecule has 0 fully saturated rings. The van der Waals surface area contributed by atoms with Gasteiger partial charge in [-0.3, -0.25) is 4.57 Å². The van der Waals surface area contributed by atoms with Crippen LogP contribution in [0.4, 0.5) is 17.5 Å². The average Bonchev–Trinajstić information content (AvgIpc) is 3.66. The minimum atomic E-state index is -1.53. The molecule has 6 rings (SSSR count). The molecule has 5 aromatic rings. The molecule has 5 aromatic heterocycles. The minimum Gasteiger partial charge on any atom is -0.358 e. The number of rotatable bonds is 7. The maximum absolute atomic E-state index is 12.1. The molecule has 0 bridgehead atoms. The molecule has 0 spiro atoms. The van der Waals surface area contributed by atoms with Crippen LogP contribution in [0.3, 0.4) is 0 Å². The highest BCUT2D eigenvalue weighted by Gasteiger charge is 2.51. The van der Waals surface area contributed by atoms with Gasteiger partial charge in [-0.15, -0.1) is 0 Å². The zero-order valence-corrected chi connectivity index (χ0v) is 20.9. The summed E-state index contributed by atoms with van der Waals surface area (Å²) in [5.74, 6) is -0.346. The molecule has 0 saturated heterocycles. The van der Waals surface area contributed by atoms with Gasteiger partial charge in [-0.1, -0.05) is 11.8 Å². The molecule has 192 valence electrons. The van der Waals surface area contributed by atoms with E-state index in [9.17, 15) is 20.2 Å². The second-order valence-electron chi connectivity index (χ2n) is 7.80. The van der Waals surface area contributed by atoms with E-state index in [1.54, 1.807) is 20.3 Å². The summed E-state index contributed by atoms with van der Waals surface area (Å²) in [4.78, 5) is 56.6. The lowest BCUT2D eigenvalue weighted by atomic mass is 10.1. The monoisotopic (exact) mass is 554 g/mol. The number of H-pyrrole nitrogens is 2. The SMILES string of the molecule is Cn1cnc([N+](=O)[O-])c1SC1(c2nc([N+](=O)[O-])c(Sc3nc4ncncc4[nH]3)n2C)N=CNc2nc[nH]c21. The first-order chi connectivity index (χ1) is 18.3. The van der Waals surface area contributed by atoms with E-state index in [4.69, 9.17) is 0 Å². The molecular weight excluding hydrogens is 540 g/mol. The Kier molecular flexibility index (Phi) is 5.34. The minimum absolute atomic E-state index is 0.117. The number of imidazole rings is 4. The maximum atomic E-state index is 12.1. The smallest absolute Gasteiger partial charge is 0.358 e. The van der Waals surface area contributed by atoms with Gasteiger partial charge in [0, 0.05) is 14.1 Å². The molecule has 0 aliphatic carbocycles. The van der Waals surface area contributed by atoms with Crippen LogP contribution in [0, 0.1) is 20.2 Å². The van der Waals surface area contributed by atoms with Crippen LogP contribution in [-0.4, -0.2) is 65.2 Å². The molecule has 1 unspecified atom stereocenters. The number of fused-ring (bicyclic) bond motifs is 2. The number of aromatic amines is 2. The van der Waals surface area contributed by atoms with Crippen LogP contribution in [0.2, 0.25) is 0 Å². The van der Waals surface area contributed by atoms with Crippen LogP contribution in [0.15, 0.2) is 45.4 Å². The lowest BCUT2D eigenvalue weighted by Gasteiger charge is -2.28. The van der Waals surface area contributed by atoms with Crippen LogP contribution in [-0.2, 0) is 19.0 Å². The Morgan fingerprint density at radius 3 is 2.63 bits per heavy atom. The quantitative estimate of drug-likeness (QED) is 0.193. The first-order valence-electron chi connectivity index (χ1n) is 10.5. The van der Waals surface area contributed by atoms with Gasteiger partial charge < -0.3 is 40.1 Å². The number of aryl methyl sites for hydroxylation is 1. The van der Waals surface area contributed by atoms with E-state index in [0.717, 1.165) is 23.5 Å². The van der Waals surface area contributed by atoms with E-state index in [-0.39, 0.29) is 15.9 Å². The number of aromatic nitrogens is 10. The fourth-order valence-corrected chi connectivity index (χ4v) is 6.12. The van der Waals surface area contributed by atoms with Gasteiger partial charge in [0.1, 0.15) is 17.5 Å². The molecule has 38 heavy (non-hydrogen) atoms. The second-order valence-corrected chi connectivity index (χ2v) is 9.96. The van der Waals surface area contributed by atoms with E-state index >= 15 is 0 Å². The molecular formula is C18H14N14O4S2. The van der Waals surface area contributed by atoms with Crippen molar-refractivity contribution in [1.82, 2.24) is 49.0 Å². The highest BCUT2D eigenvalue weighted by atomic mass is 32.2. The van der Waals surface area contributed by atoms with Crippen LogP contribution < -0.4 is 5.32 Å². The van der Waals surface area contributed by atoms with Crippen molar-refractivity contribution in [1.29, 1.82) is 0 Å². The van der Waals surface area contributed by atoms with Crippen LogP contribution in [0.1, 0.15) is 11.5 Å². The lowest BCUT2D eigenvalue weighted by Crippen LogP contribution is -2.31. The van der Waals surface area contributed by atoms with Crippen molar-refractivity contribution in [3.63, 3.8) is 0 Å². The Bertz CT molecular complexity index is 1740. The highest BCUT2D eigenvalue weighted by molar-refractivity contribution is 8.00. The Morgan fingerprint density at radius 2 is 1.87 bits per heavy atom. The molecule has 3 N–H and O–H groups in total. The standard InChI is InChI=1S/C18H14N14O4S2/c1-29-7-24-12(31(33)34)14(29)38-18(9-11(22-5-20-9)23-6-25-18)16-28-13(32(35)36)15(30(16)2)37-17-26-8-3-19-4-21-10(8)27-17/h3-7H,1-2H3,(H,20,22)(H,23,25)(H,19,21,26,27). The lowest BCUT2D eigenvalue weighted by molar-refractivity contribution is -0.392. The molecule has 0 saturated carbocycles. The zero-order chi connectivity index (χ0) is 26.6. The van der Waals surface area contributed by atoms with Crippen molar-refractivity contribution in [2.75, 3.05) is 5.32 Å². The Balaban J connectivity index is 1.54. The van der Waals surface area contributed by atoms with E-state index < -0.39 is 26.4 Å². The second kappa shape index (κ2) is 8.62. The number of nitro groups is 2. The molecule has 18 nitrogen and oxygen atoms in total. The normalized spacial score (nSPS) is 16.5. The van der Waals surface area contributed by atoms with Crippen molar-refractivity contribution in [3.05, 3.63) is 56.9 Å². The molecule has 6 heterocycles. The highest BCUT2D eigenvalue weighted by Crippen LogP contribution is 2.52. The predicted octanol–water partition coefficient (Wildman–Crippen LogP) is 1.96. The third kappa shape index (κ3) is 3.56. The molecule has 0 amide bonds.